The zero-order valence-corrected chi connectivity index (χ0v) is 16.6. The summed E-state index contributed by atoms with van der Waals surface area (Å²) in [5.74, 6) is 5.00. The average Bonchev–Trinajstić information content (AvgIpc) is 2.72. The third kappa shape index (κ3) is 5.94. The third-order valence-electron chi connectivity index (χ3n) is 4.13. The number of nitrogens with two attached hydrogens (primary N) is 1. The van der Waals surface area contributed by atoms with E-state index < -0.39 is 27.7 Å². The monoisotopic (exact) mass is 444 g/mol. The Morgan fingerprint density at radius 2 is 1.48 bits per heavy atom. The average molecular weight is 444 g/mol. The molecule has 5 nitrogen and oxygen atoms in total. The number of benzene rings is 3. The Kier molecular flexibility index (Phi) is 6.15. The largest absolute Gasteiger partial charge is 0.416 e. The van der Waals surface area contributed by atoms with Crippen molar-refractivity contribution >= 4 is 21.6 Å². The van der Waals surface area contributed by atoms with E-state index >= 15 is 0 Å². The molecule has 0 saturated carbocycles. The van der Waals surface area contributed by atoms with Gasteiger partial charge >= 0.3 is 6.18 Å². The molecule has 3 N–H and O–H groups in total. The molecular weight excluding hydrogens is 429 g/mol. The zero-order chi connectivity index (χ0) is 22.6. The van der Waals surface area contributed by atoms with Gasteiger partial charge in [-0.15, -0.1) is 0 Å². The highest BCUT2D eigenvalue weighted by Crippen LogP contribution is 2.29. The molecule has 1 amide bonds. The number of alkyl halides is 3. The van der Waals surface area contributed by atoms with E-state index in [-0.39, 0.29) is 16.0 Å². The van der Waals surface area contributed by atoms with Crippen LogP contribution >= 0.6 is 0 Å². The van der Waals surface area contributed by atoms with Gasteiger partial charge in [0.2, 0.25) is 10.0 Å². The van der Waals surface area contributed by atoms with E-state index in [2.05, 4.69) is 17.2 Å². The summed E-state index contributed by atoms with van der Waals surface area (Å²) >= 11 is 0. The minimum atomic E-state index is -4.43. The fourth-order valence-electron chi connectivity index (χ4n) is 2.55. The summed E-state index contributed by atoms with van der Waals surface area (Å²) in [6.45, 7) is 0. The van der Waals surface area contributed by atoms with E-state index in [0.717, 1.165) is 12.1 Å². The summed E-state index contributed by atoms with van der Waals surface area (Å²) in [7, 11) is -3.84. The SMILES string of the molecule is NS(=O)(=O)c1ccc(C(=O)Nc2ccc(C#Cc3cccc(C(F)(F)F)c3)cc2)cc1. The van der Waals surface area contributed by atoms with Crippen LogP contribution in [0.2, 0.25) is 0 Å². The molecule has 0 heterocycles. The van der Waals surface area contributed by atoms with Crippen molar-refractivity contribution in [3.05, 3.63) is 95.1 Å². The molecule has 0 aliphatic heterocycles. The van der Waals surface area contributed by atoms with E-state index in [4.69, 9.17) is 5.14 Å². The summed E-state index contributed by atoms with van der Waals surface area (Å²) in [5.41, 5.74) is 0.712. The van der Waals surface area contributed by atoms with Crippen LogP contribution in [0, 0.1) is 11.8 Å². The Morgan fingerprint density at radius 1 is 0.871 bits per heavy atom. The van der Waals surface area contributed by atoms with Gasteiger partial charge in [0.25, 0.3) is 5.91 Å². The van der Waals surface area contributed by atoms with Crippen LogP contribution in [-0.2, 0) is 16.2 Å². The Hall–Kier alpha value is -3.61. The molecule has 3 aromatic rings. The van der Waals surface area contributed by atoms with E-state index in [1.807, 2.05) is 0 Å². The first-order valence-electron chi connectivity index (χ1n) is 8.76. The highest BCUT2D eigenvalue weighted by Gasteiger charge is 2.30. The first-order valence-corrected chi connectivity index (χ1v) is 10.3. The van der Waals surface area contributed by atoms with Gasteiger partial charge in [0.1, 0.15) is 0 Å². The van der Waals surface area contributed by atoms with Gasteiger partial charge in [-0.25, -0.2) is 13.6 Å². The maximum Gasteiger partial charge on any atom is 0.416 e. The lowest BCUT2D eigenvalue weighted by atomic mass is 10.1. The van der Waals surface area contributed by atoms with Crippen molar-refractivity contribution < 1.29 is 26.4 Å². The van der Waals surface area contributed by atoms with Crippen LogP contribution in [0.15, 0.2) is 77.7 Å². The molecule has 158 valence electrons. The molecule has 0 atom stereocenters. The Morgan fingerprint density at radius 3 is 2.06 bits per heavy atom. The van der Waals surface area contributed by atoms with E-state index in [9.17, 15) is 26.4 Å². The van der Waals surface area contributed by atoms with Crippen LogP contribution in [0.4, 0.5) is 18.9 Å². The number of amides is 1. The van der Waals surface area contributed by atoms with Crippen molar-refractivity contribution in [1.82, 2.24) is 0 Å². The predicted molar refractivity (Wildman–Crippen MR) is 110 cm³/mol. The molecule has 3 rings (SSSR count). The van der Waals surface area contributed by atoms with Crippen molar-refractivity contribution in [2.24, 2.45) is 5.14 Å². The van der Waals surface area contributed by atoms with Gasteiger partial charge in [0.15, 0.2) is 0 Å². The predicted octanol–water partition coefficient (Wildman–Crippen LogP) is 4.00. The second kappa shape index (κ2) is 8.63. The number of carbonyl (C=O) groups excluding carboxylic acids is 1. The van der Waals surface area contributed by atoms with Gasteiger partial charge in [-0.1, -0.05) is 17.9 Å². The lowest BCUT2D eigenvalue weighted by Gasteiger charge is -2.06. The third-order valence-corrected chi connectivity index (χ3v) is 5.06. The molecule has 0 bridgehead atoms. The van der Waals surface area contributed by atoms with Crippen LogP contribution in [0.3, 0.4) is 0 Å². The molecule has 0 saturated heterocycles. The van der Waals surface area contributed by atoms with Crippen molar-refractivity contribution in [2.45, 2.75) is 11.1 Å². The highest BCUT2D eigenvalue weighted by molar-refractivity contribution is 7.89. The summed E-state index contributed by atoms with van der Waals surface area (Å²) in [6.07, 6.45) is -4.43. The van der Waals surface area contributed by atoms with Gasteiger partial charge < -0.3 is 5.32 Å². The number of hydrogen-bond acceptors (Lipinski definition) is 3. The minimum absolute atomic E-state index is 0.104. The smallest absolute Gasteiger partial charge is 0.322 e. The normalized spacial score (nSPS) is 11.4. The van der Waals surface area contributed by atoms with Crippen molar-refractivity contribution in [3.8, 4) is 11.8 Å². The Balaban J connectivity index is 1.69. The van der Waals surface area contributed by atoms with Crippen LogP contribution in [0.5, 0.6) is 0 Å². The number of halogens is 3. The molecule has 0 fully saturated rings. The molecule has 0 radical (unpaired) electrons. The topological polar surface area (TPSA) is 89.3 Å². The van der Waals surface area contributed by atoms with Crippen molar-refractivity contribution in [3.63, 3.8) is 0 Å². The van der Waals surface area contributed by atoms with E-state index in [1.165, 1.54) is 36.4 Å². The molecule has 0 spiro atoms. The number of rotatable bonds is 3. The van der Waals surface area contributed by atoms with E-state index in [1.54, 1.807) is 24.3 Å². The number of anilines is 1. The maximum absolute atomic E-state index is 12.8. The summed E-state index contributed by atoms with van der Waals surface area (Å²) in [5, 5.41) is 7.67. The molecule has 0 aliphatic carbocycles. The first kappa shape index (κ1) is 22.1. The Bertz CT molecular complexity index is 1270. The van der Waals surface area contributed by atoms with Crippen LogP contribution < -0.4 is 10.5 Å². The molecule has 0 unspecified atom stereocenters. The highest BCUT2D eigenvalue weighted by atomic mass is 32.2. The second-order valence-corrected chi connectivity index (χ2v) is 7.99. The van der Waals surface area contributed by atoms with Crippen LogP contribution in [0.25, 0.3) is 0 Å². The van der Waals surface area contributed by atoms with Gasteiger partial charge in [-0.05, 0) is 66.7 Å². The molecule has 31 heavy (non-hydrogen) atoms. The summed E-state index contributed by atoms with van der Waals surface area (Å²) in [4.78, 5) is 12.2. The van der Waals surface area contributed by atoms with Crippen LogP contribution in [0.1, 0.15) is 27.0 Å². The fraction of sp³-hybridized carbons (Fsp3) is 0.0455. The number of nitrogens with one attached hydrogen (secondary N) is 1. The second-order valence-electron chi connectivity index (χ2n) is 6.43. The Labute approximate surface area is 176 Å². The molecule has 0 aliphatic rings. The van der Waals surface area contributed by atoms with Gasteiger partial charge in [0, 0.05) is 22.4 Å². The van der Waals surface area contributed by atoms with Crippen molar-refractivity contribution in [2.75, 3.05) is 5.32 Å². The molecule has 0 aromatic heterocycles. The van der Waals surface area contributed by atoms with E-state index in [0.29, 0.717) is 11.3 Å². The van der Waals surface area contributed by atoms with Gasteiger partial charge in [-0.3, -0.25) is 4.79 Å². The van der Waals surface area contributed by atoms with Gasteiger partial charge in [0.05, 0.1) is 10.5 Å². The maximum atomic E-state index is 12.8. The minimum Gasteiger partial charge on any atom is -0.322 e. The molecule has 9 heteroatoms. The number of hydrogen-bond donors (Lipinski definition) is 2. The lowest BCUT2D eigenvalue weighted by molar-refractivity contribution is -0.137. The first-order chi connectivity index (χ1) is 14.5. The van der Waals surface area contributed by atoms with Crippen molar-refractivity contribution in [1.29, 1.82) is 0 Å². The summed E-state index contributed by atoms with van der Waals surface area (Å²) in [6, 6.07) is 16.3. The molecular formula is C22H15F3N2O3S. The number of sulfonamides is 1. The summed E-state index contributed by atoms with van der Waals surface area (Å²) < 4.78 is 60.8. The van der Waals surface area contributed by atoms with Crippen LogP contribution in [-0.4, -0.2) is 14.3 Å². The molecule has 3 aromatic carbocycles. The van der Waals surface area contributed by atoms with Gasteiger partial charge in [-0.2, -0.15) is 13.2 Å². The quantitative estimate of drug-likeness (QED) is 0.599. The zero-order valence-electron chi connectivity index (χ0n) is 15.8. The fourth-order valence-corrected chi connectivity index (χ4v) is 3.07. The number of carbonyl (C=O) groups is 1. The number of primary sulfonamides is 1. The standard InChI is InChI=1S/C22H15F3N2O3S/c23-22(24,25)18-3-1-2-16(14-18)5-4-15-6-10-19(11-7-15)27-21(28)17-8-12-20(13-9-17)31(26,29)30/h1-3,6-14H,(H,27,28)(H2,26,29,30). The lowest BCUT2D eigenvalue weighted by Crippen LogP contribution is -2.14.